The van der Waals surface area contributed by atoms with Gasteiger partial charge in [-0.2, -0.15) is 0 Å². The van der Waals surface area contributed by atoms with Crippen LogP contribution in [0.3, 0.4) is 0 Å². The number of carbonyl (C=O) groups excluding carboxylic acids is 3. The summed E-state index contributed by atoms with van der Waals surface area (Å²) < 4.78 is 16.1. The van der Waals surface area contributed by atoms with E-state index >= 15 is 0 Å². The van der Waals surface area contributed by atoms with E-state index in [2.05, 4.69) is 19.6 Å². The molecular formula is C27H32O8Si. The van der Waals surface area contributed by atoms with Gasteiger partial charge in [-0.25, -0.2) is 0 Å². The molecule has 0 unspecified atom stereocenters. The van der Waals surface area contributed by atoms with Crippen LogP contribution in [0.1, 0.15) is 11.1 Å². The molecule has 0 radical (unpaired) electrons. The zero-order valence-corrected chi connectivity index (χ0v) is 21.7. The number of carbonyl (C=O) groups is 4. The Morgan fingerprint density at radius 3 is 1.44 bits per heavy atom. The molecule has 8 nitrogen and oxygen atoms in total. The molecule has 9 heteroatoms. The minimum absolute atomic E-state index is 0.0723. The SMILES string of the molecule is C[Si](C)(C)CCOC(=O)[C@H]1[C@H](C(=O)O)[C@H](C(=O)OCc2ccccc2)[C@H]1C(=O)OCc1ccccc1. The summed E-state index contributed by atoms with van der Waals surface area (Å²) in [6.45, 7) is 6.33. The summed E-state index contributed by atoms with van der Waals surface area (Å²) in [5.74, 6) is -9.31. The lowest BCUT2D eigenvalue weighted by molar-refractivity contribution is -0.199. The van der Waals surface area contributed by atoms with Crippen molar-refractivity contribution in [2.24, 2.45) is 23.7 Å². The molecule has 0 saturated heterocycles. The summed E-state index contributed by atoms with van der Waals surface area (Å²) in [4.78, 5) is 51.1. The van der Waals surface area contributed by atoms with Gasteiger partial charge in [0.15, 0.2) is 0 Å². The number of esters is 3. The van der Waals surface area contributed by atoms with Crippen LogP contribution in [0, 0.1) is 23.7 Å². The molecule has 0 bridgehead atoms. The summed E-state index contributed by atoms with van der Waals surface area (Å²) in [6.07, 6.45) is 0. The van der Waals surface area contributed by atoms with Gasteiger partial charge in [-0.05, 0) is 17.2 Å². The number of carboxylic acids is 1. The quantitative estimate of drug-likeness (QED) is 0.274. The van der Waals surface area contributed by atoms with Gasteiger partial charge < -0.3 is 19.3 Å². The average molecular weight is 513 g/mol. The van der Waals surface area contributed by atoms with Crippen LogP contribution >= 0.6 is 0 Å². The minimum Gasteiger partial charge on any atom is -0.481 e. The van der Waals surface area contributed by atoms with Gasteiger partial charge in [-0.15, -0.1) is 0 Å². The van der Waals surface area contributed by atoms with E-state index in [1.807, 2.05) is 12.1 Å². The molecule has 36 heavy (non-hydrogen) atoms. The summed E-state index contributed by atoms with van der Waals surface area (Å²) in [7, 11) is -1.51. The molecule has 1 saturated carbocycles. The Morgan fingerprint density at radius 1 is 0.667 bits per heavy atom. The normalized spacial score (nSPS) is 21.1. The van der Waals surface area contributed by atoms with Gasteiger partial charge in [0.05, 0.1) is 30.3 Å². The standard InChI is InChI=1S/C27H32O8Si/c1-36(2,3)15-14-33-25(30)21-20(24(28)29)22(26(31)34-16-18-10-6-4-7-11-18)23(21)27(32)35-17-19-12-8-5-9-13-19/h4-13,20-23H,14-17H2,1-3H3,(H,28,29)/t20-,21-,22-,23-/m0/s1. The number of ether oxygens (including phenoxy) is 3. The number of aliphatic carboxylic acids is 1. The van der Waals surface area contributed by atoms with Crippen molar-refractivity contribution in [3.05, 3.63) is 71.8 Å². The molecule has 192 valence electrons. The highest BCUT2D eigenvalue weighted by atomic mass is 28.3. The predicted molar refractivity (Wildman–Crippen MR) is 133 cm³/mol. The van der Waals surface area contributed by atoms with Gasteiger partial charge in [0.1, 0.15) is 13.2 Å². The number of hydrogen-bond donors (Lipinski definition) is 1. The van der Waals surface area contributed by atoms with Crippen LogP contribution < -0.4 is 0 Å². The van der Waals surface area contributed by atoms with Crippen molar-refractivity contribution in [1.82, 2.24) is 0 Å². The fourth-order valence-corrected chi connectivity index (χ4v) is 4.85. The first-order valence-electron chi connectivity index (χ1n) is 11.9. The second-order valence-electron chi connectivity index (χ2n) is 10.1. The second kappa shape index (κ2) is 12.0. The summed E-state index contributed by atoms with van der Waals surface area (Å²) in [5, 5.41) is 9.86. The van der Waals surface area contributed by atoms with E-state index in [4.69, 9.17) is 14.2 Å². The summed E-state index contributed by atoms with van der Waals surface area (Å²) in [5.41, 5.74) is 1.43. The zero-order valence-electron chi connectivity index (χ0n) is 20.7. The largest absolute Gasteiger partial charge is 0.481 e. The lowest BCUT2D eigenvalue weighted by Gasteiger charge is -2.44. The molecule has 1 aliphatic carbocycles. The van der Waals surface area contributed by atoms with E-state index in [0.29, 0.717) is 11.6 Å². The second-order valence-corrected chi connectivity index (χ2v) is 15.7. The molecule has 2 aromatic rings. The predicted octanol–water partition coefficient (Wildman–Crippen LogP) is 3.92. The van der Waals surface area contributed by atoms with Crippen LogP contribution in [0.2, 0.25) is 25.7 Å². The van der Waals surface area contributed by atoms with Crippen molar-refractivity contribution in [1.29, 1.82) is 0 Å². The molecule has 1 aliphatic rings. The maximum Gasteiger partial charge on any atom is 0.311 e. The molecular weight excluding hydrogens is 480 g/mol. The Morgan fingerprint density at radius 2 is 1.06 bits per heavy atom. The molecule has 0 amide bonds. The topological polar surface area (TPSA) is 116 Å². The van der Waals surface area contributed by atoms with Gasteiger partial charge in [0.25, 0.3) is 0 Å². The van der Waals surface area contributed by atoms with Crippen molar-refractivity contribution in [2.45, 2.75) is 38.9 Å². The van der Waals surface area contributed by atoms with E-state index in [1.54, 1.807) is 48.5 Å². The highest BCUT2D eigenvalue weighted by Gasteiger charge is 2.65. The van der Waals surface area contributed by atoms with Crippen molar-refractivity contribution in [3.8, 4) is 0 Å². The molecule has 1 fully saturated rings. The highest BCUT2D eigenvalue weighted by molar-refractivity contribution is 6.76. The van der Waals surface area contributed by atoms with Crippen molar-refractivity contribution >= 4 is 32.0 Å². The van der Waals surface area contributed by atoms with Crippen LogP contribution in [0.15, 0.2) is 60.7 Å². The fraction of sp³-hybridized carbons (Fsp3) is 0.407. The third-order valence-electron chi connectivity index (χ3n) is 6.19. The molecule has 0 aliphatic heterocycles. The van der Waals surface area contributed by atoms with Gasteiger partial charge in [0, 0.05) is 8.07 Å². The first kappa shape index (κ1) is 27.1. The lowest BCUT2D eigenvalue weighted by atomic mass is 9.56. The molecule has 4 atom stereocenters. The Hall–Kier alpha value is -3.46. The van der Waals surface area contributed by atoms with Crippen molar-refractivity contribution in [2.75, 3.05) is 6.61 Å². The third kappa shape index (κ3) is 7.04. The van der Waals surface area contributed by atoms with Crippen LogP contribution in [0.25, 0.3) is 0 Å². The maximum absolute atomic E-state index is 13.1. The Labute approximate surface area is 211 Å². The fourth-order valence-electron chi connectivity index (χ4n) is 4.14. The smallest absolute Gasteiger partial charge is 0.311 e. The van der Waals surface area contributed by atoms with E-state index in [0.717, 1.165) is 5.56 Å². The van der Waals surface area contributed by atoms with Crippen LogP contribution in [0.5, 0.6) is 0 Å². The lowest BCUT2D eigenvalue weighted by Crippen LogP contribution is -2.60. The molecule has 3 rings (SSSR count). The molecule has 0 spiro atoms. The number of benzene rings is 2. The van der Waals surface area contributed by atoms with Gasteiger partial charge in [-0.3, -0.25) is 19.2 Å². The minimum atomic E-state index is -1.51. The average Bonchev–Trinajstić information content (AvgIpc) is 2.81. The van der Waals surface area contributed by atoms with E-state index in [-0.39, 0.29) is 19.8 Å². The van der Waals surface area contributed by atoms with E-state index in [1.165, 1.54) is 0 Å². The zero-order chi connectivity index (χ0) is 26.3. The number of hydrogen-bond acceptors (Lipinski definition) is 7. The maximum atomic E-state index is 13.1. The third-order valence-corrected chi connectivity index (χ3v) is 7.90. The van der Waals surface area contributed by atoms with Crippen LogP contribution in [-0.4, -0.2) is 43.7 Å². The highest BCUT2D eigenvalue weighted by Crippen LogP contribution is 2.49. The Balaban J connectivity index is 1.77. The summed E-state index contributed by atoms with van der Waals surface area (Å²) in [6, 6.07) is 18.5. The molecule has 2 aromatic carbocycles. The van der Waals surface area contributed by atoms with Crippen molar-refractivity contribution in [3.63, 3.8) is 0 Å². The monoisotopic (exact) mass is 512 g/mol. The number of carboxylic acid groups (broad SMARTS) is 1. The van der Waals surface area contributed by atoms with Gasteiger partial charge in [0.2, 0.25) is 0 Å². The molecule has 1 N–H and O–H groups in total. The summed E-state index contributed by atoms with van der Waals surface area (Å²) >= 11 is 0. The van der Waals surface area contributed by atoms with Crippen molar-refractivity contribution < 1.29 is 38.5 Å². The number of rotatable bonds is 11. The van der Waals surface area contributed by atoms with E-state index < -0.39 is 55.6 Å². The Kier molecular flexibility index (Phi) is 9.03. The first-order chi connectivity index (χ1) is 17.1. The van der Waals surface area contributed by atoms with Crippen LogP contribution in [-0.2, 0) is 46.6 Å². The van der Waals surface area contributed by atoms with Gasteiger partial charge in [-0.1, -0.05) is 80.3 Å². The molecule has 0 heterocycles. The molecule has 0 aromatic heterocycles. The van der Waals surface area contributed by atoms with E-state index in [9.17, 15) is 24.3 Å². The first-order valence-corrected chi connectivity index (χ1v) is 15.6. The van der Waals surface area contributed by atoms with Gasteiger partial charge >= 0.3 is 23.9 Å². The van der Waals surface area contributed by atoms with Crippen LogP contribution in [0.4, 0.5) is 0 Å². The Bertz CT molecular complexity index is 1060.